The van der Waals surface area contributed by atoms with Gasteiger partial charge in [-0.25, -0.2) is 4.79 Å². The molecule has 1 fully saturated rings. The second kappa shape index (κ2) is 11.7. The Hall–Kier alpha value is -2.08. The molecule has 0 unspecified atom stereocenters. The molecule has 0 saturated carbocycles. The van der Waals surface area contributed by atoms with Gasteiger partial charge in [-0.05, 0) is 56.7 Å². The maximum absolute atomic E-state index is 12.2. The Kier molecular flexibility index (Phi) is 9.28. The number of esters is 1. The van der Waals surface area contributed by atoms with E-state index in [2.05, 4.69) is 41.4 Å². The number of ether oxygens (including phenoxy) is 1. The van der Waals surface area contributed by atoms with Crippen LogP contribution in [0, 0.1) is 12.8 Å². The van der Waals surface area contributed by atoms with Gasteiger partial charge >= 0.3 is 12.0 Å². The van der Waals surface area contributed by atoms with Crippen molar-refractivity contribution in [2.75, 3.05) is 46.4 Å². The van der Waals surface area contributed by atoms with Gasteiger partial charge in [-0.3, -0.25) is 4.79 Å². The van der Waals surface area contributed by atoms with Gasteiger partial charge in [0.05, 0.1) is 13.0 Å². The summed E-state index contributed by atoms with van der Waals surface area (Å²) in [5.74, 6) is 0.216. The Morgan fingerprint density at radius 3 is 2.86 bits per heavy atom. The first-order valence-corrected chi connectivity index (χ1v) is 10.4. The quantitative estimate of drug-likeness (QED) is 0.660. The van der Waals surface area contributed by atoms with Gasteiger partial charge in [-0.1, -0.05) is 24.3 Å². The average molecular weight is 390 g/mol. The van der Waals surface area contributed by atoms with E-state index >= 15 is 0 Å². The average Bonchev–Trinajstić information content (AvgIpc) is 2.68. The summed E-state index contributed by atoms with van der Waals surface area (Å²) in [7, 11) is 1.83. The SMILES string of the molecule is CCOC(=O)CCNC(=O)N(C)C[C@H]1CCCN(CCc2ccccc2C)C1. The van der Waals surface area contributed by atoms with E-state index in [1.165, 1.54) is 17.5 Å². The summed E-state index contributed by atoms with van der Waals surface area (Å²) in [4.78, 5) is 27.8. The van der Waals surface area contributed by atoms with Crippen LogP contribution in [0.25, 0.3) is 0 Å². The molecule has 1 aromatic carbocycles. The van der Waals surface area contributed by atoms with Crippen LogP contribution < -0.4 is 5.32 Å². The molecule has 1 N–H and O–H groups in total. The molecule has 1 aliphatic heterocycles. The monoisotopic (exact) mass is 389 g/mol. The number of aryl methyl sites for hydroxylation is 1. The molecule has 1 atom stereocenters. The van der Waals surface area contributed by atoms with Gasteiger partial charge in [-0.2, -0.15) is 0 Å². The number of rotatable bonds is 9. The fourth-order valence-electron chi connectivity index (χ4n) is 3.78. The van der Waals surface area contributed by atoms with Gasteiger partial charge in [0, 0.05) is 33.2 Å². The van der Waals surface area contributed by atoms with Crippen molar-refractivity contribution in [1.29, 1.82) is 0 Å². The minimum absolute atomic E-state index is 0.124. The molecule has 1 aromatic rings. The van der Waals surface area contributed by atoms with Gasteiger partial charge in [-0.15, -0.1) is 0 Å². The maximum Gasteiger partial charge on any atom is 0.317 e. The molecule has 2 amide bonds. The predicted molar refractivity (Wildman–Crippen MR) is 111 cm³/mol. The lowest BCUT2D eigenvalue weighted by Crippen LogP contribution is -2.45. The van der Waals surface area contributed by atoms with Gasteiger partial charge in [0.2, 0.25) is 0 Å². The van der Waals surface area contributed by atoms with Crippen LogP contribution in [0.1, 0.15) is 37.3 Å². The summed E-state index contributed by atoms with van der Waals surface area (Å²) in [5, 5.41) is 2.80. The van der Waals surface area contributed by atoms with Gasteiger partial charge in [0.15, 0.2) is 0 Å². The van der Waals surface area contributed by atoms with Crippen LogP contribution in [0.15, 0.2) is 24.3 Å². The molecule has 0 radical (unpaired) electrons. The number of carbonyl (C=O) groups excluding carboxylic acids is 2. The Labute approximate surface area is 169 Å². The van der Waals surface area contributed by atoms with Crippen molar-refractivity contribution in [3.05, 3.63) is 35.4 Å². The number of nitrogens with one attached hydrogen (secondary N) is 1. The van der Waals surface area contributed by atoms with Crippen LogP contribution in [0.3, 0.4) is 0 Å². The van der Waals surface area contributed by atoms with Crippen molar-refractivity contribution >= 4 is 12.0 Å². The highest BCUT2D eigenvalue weighted by molar-refractivity contribution is 5.75. The van der Waals surface area contributed by atoms with Crippen molar-refractivity contribution in [3.8, 4) is 0 Å². The van der Waals surface area contributed by atoms with Crippen molar-refractivity contribution in [1.82, 2.24) is 15.1 Å². The third-order valence-electron chi connectivity index (χ3n) is 5.35. The van der Waals surface area contributed by atoms with E-state index in [4.69, 9.17) is 4.74 Å². The van der Waals surface area contributed by atoms with Gasteiger partial charge < -0.3 is 19.9 Å². The Morgan fingerprint density at radius 2 is 2.11 bits per heavy atom. The molecule has 6 nitrogen and oxygen atoms in total. The van der Waals surface area contributed by atoms with Gasteiger partial charge in [0.25, 0.3) is 0 Å². The number of urea groups is 1. The smallest absolute Gasteiger partial charge is 0.317 e. The Balaban J connectivity index is 1.70. The number of piperidine rings is 1. The second-order valence-electron chi connectivity index (χ2n) is 7.65. The molecule has 1 saturated heterocycles. The van der Waals surface area contributed by atoms with E-state index in [0.717, 1.165) is 39.0 Å². The minimum Gasteiger partial charge on any atom is -0.466 e. The molecule has 0 spiro atoms. The molecular formula is C22H35N3O3. The molecule has 156 valence electrons. The summed E-state index contributed by atoms with van der Waals surface area (Å²) >= 11 is 0. The number of nitrogens with zero attached hydrogens (tertiary/aromatic N) is 2. The van der Waals surface area contributed by atoms with Crippen LogP contribution in [-0.2, 0) is 16.0 Å². The highest BCUT2D eigenvalue weighted by Crippen LogP contribution is 2.18. The number of likely N-dealkylation sites (tertiary alicyclic amines) is 1. The highest BCUT2D eigenvalue weighted by Gasteiger charge is 2.22. The zero-order chi connectivity index (χ0) is 20.4. The molecule has 6 heteroatoms. The normalized spacial score (nSPS) is 17.2. The standard InChI is InChI=1S/C22H35N3O3/c1-4-28-21(26)11-13-23-22(27)24(3)16-19-9-7-14-25(17-19)15-12-20-10-6-5-8-18(20)2/h5-6,8,10,19H,4,7,9,11-17H2,1-3H3,(H,23,27)/t19-/m1/s1. The zero-order valence-electron chi connectivity index (χ0n) is 17.6. The first-order chi connectivity index (χ1) is 13.5. The van der Waals surface area contributed by atoms with E-state index in [0.29, 0.717) is 19.1 Å². The summed E-state index contributed by atoms with van der Waals surface area (Å²) in [6.07, 6.45) is 3.62. The minimum atomic E-state index is -0.276. The summed E-state index contributed by atoms with van der Waals surface area (Å²) < 4.78 is 4.87. The Morgan fingerprint density at radius 1 is 1.32 bits per heavy atom. The second-order valence-corrected chi connectivity index (χ2v) is 7.65. The van der Waals surface area contributed by atoms with Crippen molar-refractivity contribution in [2.45, 2.75) is 39.5 Å². The highest BCUT2D eigenvalue weighted by atomic mass is 16.5. The van der Waals surface area contributed by atoms with Crippen LogP contribution in [0.4, 0.5) is 4.79 Å². The summed E-state index contributed by atoms with van der Waals surface area (Å²) in [6, 6.07) is 8.45. The van der Waals surface area contributed by atoms with Crippen molar-refractivity contribution in [3.63, 3.8) is 0 Å². The molecule has 0 aliphatic carbocycles. The summed E-state index contributed by atoms with van der Waals surface area (Å²) in [5.41, 5.74) is 2.78. The van der Waals surface area contributed by atoms with E-state index in [1.807, 2.05) is 7.05 Å². The van der Waals surface area contributed by atoms with Crippen molar-refractivity contribution in [2.24, 2.45) is 5.92 Å². The number of carbonyl (C=O) groups is 2. The molecule has 1 aliphatic rings. The largest absolute Gasteiger partial charge is 0.466 e. The van der Waals surface area contributed by atoms with E-state index < -0.39 is 0 Å². The lowest BCUT2D eigenvalue weighted by atomic mass is 9.97. The first-order valence-electron chi connectivity index (χ1n) is 10.4. The lowest BCUT2D eigenvalue weighted by molar-refractivity contribution is -0.142. The van der Waals surface area contributed by atoms with E-state index in [-0.39, 0.29) is 18.4 Å². The van der Waals surface area contributed by atoms with Crippen LogP contribution in [0.5, 0.6) is 0 Å². The fourth-order valence-corrected chi connectivity index (χ4v) is 3.78. The fraction of sp³-hybridized carbons (Fsp3) is 0.636. The van der Waals surface area contributed by atoms with Crippen LogP contribution in [0.2, 0.25) is 0 Å². The zero-order valence-corrected chi connectivity index (χ0v) is 17.6. The van der Waals surface area contributed by atoms with E-state index in [9.17, 15) is 9.59 Å². The molecule has 2 rings (SSSR count). The third-order valence-corrected chi connectivity index (χ3v) is 5.35. The molecule has 28 heavy (non-hydrogen) atoms. The number of amides is 2. The van der Waals surface area contributed by atoms with Crippen LogP contribution in [-0.4, -0.2) is 68.2 Å². The lowest BCUT2D eigenvalue weighted by Gasteiger charge is -2.34. The van der Waals surface area contributed by atoms with Gasteiger partial charge in [0.1, 0.15) is 0 Å². The van der Waals surface area contributed by atoms with Crippen LogP contribution >= 0.6 is 0 Å². The first kappa shape index (κ1) is 22.2. The topological polar surface area (TPSA) is 61.9 Å². The van der Waals surface area contributed by atoms with Crippen molar-refractivity contribution < 1.29 is 14.3 Å². The Bertz CT molecular complexity index is 635. The number of hydrogen-bond acceptors (Lipinski definition) is 4. The summed E-state index contributed by atoms with van der Waals surface area (Å²) in [6.45, 7) is 8.61. The molecule has 0 aromatic heterocycles. The van der Waals surface area contributed by atoms with E-state index in [1.54, 1.807) is 11.8 Å². The predicted octanol–water partition coefficient (Wildman–Crippen LogP) is 2.84. The molecular weight excluding hydrogens is 354 g/mol. The number of hydrogen-bond donors (Lipinski definition) is 1. The maximum atomic E-state index is 12.2. The number of benzene rings is 1. The molecule has 1 heterocycles. The third kappa shape index (κ3) is 7.50. The molecule has 0 bridgehead atoms.